The van der Waals surface area contributed by atoms with Gasteiger partial charge in [0, 0.05) is 36.3 Å². The number of hydrogen-bond donors (Lipinski definition) is 2. The van der Waals surface area contributed by atoms with Crippen molar-refractivity contribution in [1.29, 1.82) is 0 Å². The van der Waals surface area contributed by atoms with Crippen molar-refractivity contribution >= 4 is 29.8 Å². The van der Waals surface area contributed by atoms with Gasteiger partial charge in [-0.25, -0.2) is 5.43 Å². The molecule has 1 aliphatic heterocycles. The Morgan fingerprint density at radius 1 is 1.09 bits per heavy atom. The van der Waals surface area contributed by atoms with E-state index in [0.29, 0.717) is 31.0 Å². The molecule has 6 aliphatic rings. The van der Waals surface area contributed by atoms with Gasteiger partial charge in [-0.1, -0.05) is 26.0 Å². The van der Waals surface area contributed by atoms with Crippen molar-refractivity contribution in [3.05, 3.63) is 56.8 Å². The third kappa shape index (κ3) is 6.25. The Bertz CT molecular complexity index is 1320. The van der Waals surface area contributed by atoms with Gasteiger partial charge in [0.1, 0.15) is 6.04 Å². The lowest BCUT2D eigenvalue weighted by Gasteiger charge is -2.55. The molecule has 1 heterocycles. The highest BCUT2D eigenvalue weighted by atomic mass is 16.6. The minimum absolute atomic E-state index is 0.0495. The third-order valence-electron chi connectivity index (χ3n) is 10.2. The number of non-ortho nitro benzene ring substituents is 1. The van der Waals surface area contributed by atoms with E-state index in [0.717, 1.165) is 67.6 Å². The second-order valence-corrected chi connectivity index (χ2v) is 13.6. The van der Waals surface area contributed by atoms with Crippen LogP contribution < -0.4 is 10.7 Å². The Balaban J connectivity index is 1.17. The van der Waals surface area contributed by atoms with Crippen molar-refractivity contribution in [3.63, 3.8) is 0 Å². The number of amides is 2. The molecule has 0 radical (unpaired) electrons. The predicted octanol–water partition coefficient (Wildman–Crippen LogP) is 4.82. The lowest BCUT2D eigenvalue weighted by molar-refractivity contribution is -0.384. The summed E-state index contributed by atoms with van der Waals surface area (Å²) in [5, 5.41) is 18.8. The molecule has 1 aromatic rings. The van der Waals surface area contributed by atoms with Crippen LogP contribution in [0.15, 0.2) is 46.2 Å². The van der Waals surface area contributed by atoms with Crippen LogP contribution in [-0.2, 0) is 14.3 Å². The summed E-state index contributed by atoms with van der Waals surface area (Å²) >= 11 is 0. The van der Waals surface area contributed by atoms with Crippen LogP contribution >= 0.6 is 0 Å². The maximum atomic E-state index is 13.7. The zero-order chi connectivity index (χ0) is 30.1. The summed E-state index contributed by atoms with van der Waals surface area (Å²) in [5.74, 6) is 1.64. The van der Waals surface area contributed by atoms with Crippen LogP contribution in [0.3, 0.4) is 0 Å². The van der Waals surface area contributed by atoms with E-state index < -0.39 is 6.04 Å². The SMILES string of the molecule is CC(C)[C@@H](NC(=O)C12CC3CC(CC(C3)C1)C2)C(=O)N/N=C\C1=C(N2CCOCC2)C(=C/c2cccc([N+](=O)[O-])c2)/CC1. The highest BCUT2D eigenvalue weighted by Crippen LogP contribution is 2.60. The molecule has 4 bridgehead atoms. The molecular weight excluding hydrogens is 546 g/mol. The lowest BCUT2D eigenvalue weighted by atomic mass is 9.49. The van der Waals surface area contributed by atoms with Crippen LogP contribution in [0.4, 0.5) is 5.69 Å². The van der Waals surface area contributed by atoms with Gasteiger partial charge in [-0.3, -0.25) is 19.7 Å². The first-order valence-electron chi connectivity index (χ1n) is 15.9. The topological polar surface area (TPSA) is 126 Å². The molecule has 0 spiro atoms. The van der Waals surface area contributed by atoms with E-state index in [1.165, 1.54) is 25.3 Å². The zero-order valence-electron chi connectivity index (χ0n) is 25.2. The first kappa shape index (κ1) is 29.5. The van der Waals surface area contributed by atoms with Crippen molar-refractivity contribution in [1.82, 2.24) is 15.6 Å². The molecule has 1 aromatic carbocycles. The van der Waals surface area contributed by atoms with E-state index in [1.54, 1.807) is 18.3 Å². The summed E-state index contributed by atoms with van der Waals surface area (Å²) < 4.78 is 5.58. The maximum Gasteiger partial charge on any atom is 0.270 e. The number of benzene rings is 1. The number of ether oxygens (including phenoxy) is 1. The second kappa shape index (κ2) is 12.2. The summed E-state index contributed by atoms with van der Waals surface area (Å²) in [4.78, 5) is 40.2. The average molecular weight is 590 g/mol. The number of carbonyl (C=O) groups is 2. The van der Waals surface area contributed by atoms with Crippen LogP contribution in [0.1, 0.15) is 70.8 Å². The van der Waals surface area contributed by atoms with Gasteiger partial charge in [0.2, 0.25) is 5.91 Å². The van der Waals surface area contributed by atoms with E-state index >= 15 is 0 Å². The van der Waals surface area contributed by atoms with E-state index in [9.17, 15) is 19.7 Å². The Kier molecular flexibility index (Phi) is 8.40. The Morgan fingerprint density at radius 3 is 2.40 bits per heavy atom. The molecule has 7 rings (SSSR count). The molecule has 0 unspecified atom stereocenters. The number of nitrogens with one attached hydrogen (secondary N) is 2. The molecule has 43 heavy (non-hydrogen) atoms. The van der Waals surface area contributed by atoms with Crippen molar-refractivity contribution in [3.8, 4) is 0 Å². The Morgan fingerprint density at radius 2 is 1.77 bits per heavy atom. The van der Waals surface area contributed by atoms with Gasteiger partial charge in [-0.05, 0) is 97.8 Å². The number of nitro benzene ring substituents is 1. The second-order valence-electron chi connectivity index (χ2n) is 13.6. The first-order chi connectivity index (χ1) is 20.7. The number of hydrazone groups is 1. The average Bonchev–Trinajstić information content (AvgIpc) is 3.37. The first-order valence-corrected chi connectivity index (χ1v) is 15.9. The number of nitro groups is 1. The lowest BCUT2D eigenvalue weighted by Crippen LogP contribution is -2.58. The zero-order valence-corrected chi connectivity index (χ0v) is 25.2. The van der Waals surface area contributed by atoms with E-state index in [1.807, 2.05) is 26.0 Å². The van der Waals surface area contributed by atoms with Crippen LogP contribution in [0.25, 0.3) is 6.08 Å². The molecule has 10 nitrogen and oxygen atoms in total. The monoisotopic (exact) mass is 589 g/mol. The molecule has 1 atom stereocenters. The normalized spacial score (nSPS) is 30.0. The van der Waals surface area contributed by atoms with E-state index in [-0.39, 0.29) is 33.8 Å². The Hall–Kier alpha value is -3.53. The van der Waals surface area contributed by atoms with Gasteiger partial charge >= 0.3 is 0 Å². The molecule has 230 valence electrons. The number of hydrogen-bond acceptors (Lipinski definition) is 7. The fourth-order valence-corrected chi connectivity index (χ4v) is 8.56. The van der Waals surface area contributed by atoms with Crippen LogP contribution in [0, 0.1) is 39.2 Å². The molecule has 4 saturated carbocycles. The van der Waals surface area contributed by atoms with Crippen molar-refractivity contribution in [2.45, 2.75) is 71.3 Å². The standard InChI is InChI=1S/C33H43N5O5/c1-21(2)29(35-32(40)33-17-23-12-24(18-33)14-25(13-23)19-33)31(39)36-34-20-27-7-6-26(30(27)37-8-10-43-11-9-37)15-22-4-3-5-28(16-22)38(41)42/h3-5,15-16,20-21,23-25,29H,6-14,17-19H2,1-2H3,(H,35,40)(H,36,39)/b26-15+,34-20-/t23?,24?,25?,29-,33?/m1/s1. The van der Waals surface area contributed by atoms with Crippen molar-refractivity contribution < 1.29 is 19.2 Å². The largest absolute Gasteiger partial charge is 0.378 e. The van der Waals surface area contributed by atoms with Crippen molar-refractivity contribution in [2.75, 3.05) is 26.3 Å². The van der Waals surface area contributed by atoms with Gasteiger partial charge in [0.15, 0.2) is 0 Å². The fraction of sp³-hybridized carbons (Fsp3) is 0.606. The van der Waals surface area contributed by atoms with Gasteiger partial charge < -0.3 is 15.0 Å². The summed E-state index contributed by atoms with van der Waals surface area (Å²) in [7, 11) is 0. The maximum absolute atomic E-state index is 13.7. The predicted molar refractivity (Wildman–Crippen MR) is 164 cm³/mol. The quantitative estimate of drug-likeness (QED) is 0.242. The summed E-state index contributed by atoms with van der Waals surface area (Å²) in [6.45, 7) is 6.61. The molecule has 1 saturated heterocycles. The molecular formula is C33H43N5O5. The number of carbonyl (C=O) groups excluding carboxylic acids is 2. The van der Waals surface area contributed by atoms with E-state index in [2.05, 4.69) is 20.7 Å². The summed E-state index contributed by atoms with van der Waals surface area (Å²) in [6.07, 6.45) is 11.9. The van der Waals surface area contributed by atoms with Crippen LogP contribution in [-0.4, -0.2) is 60.2 Å². The van der Waals surface area contributed by atoms with Gasteiger partial charge in [0.25, 0.3) is 11.6 Å². The summed E-state index contributed by atoms with van der Waals surface area (Å²) in [6, 6.07) is 5.99. The minimum Gasteiger partial charge on any atom is -0.378 e. The molecule has 0 aromatic heterocycles. The highest BCUT2D eigenvalue weighted by Gasteiger charge is 2.55. The summed E-state index contributed by atoms with van der Waals surface area (Å²) in [5.41, 5.74) is 6.37. The van der Waals surface area contributed by atoms with Crippen molar-refractivity contribution in [2.24, 2.45) is 34.2 Å². The molecule has 2 amide bonds. The molecule has 2 N–H and O–H groups in total. The smallest absolute Gasteiger partial charge is 0.270 e. The molecule has 5 aliphatic carbocycles. The number of morpholine rings is 1. The third-order valence-corrected chi connectivity index (χ3v) is 10.2. The number of nitrogens with zero attached hydrogens (tertiary/aromatic N) is 3. The number of rotatable bonds is 9. The van der Waals surface area contributed by atoms with Gasteiger partial charge in [-0.2, -0.15) is 5.10 Å². The Labute approximate surface area is 253 Å². The number of allylic oxidation sites excluding steroid dienone is 2. The fourth-order valence-electron chi connectivity index (χ4n) is 8.56. The van der Waals surface area contributed by atoms with Gasteiger partial charge in [-0.15, -0.1) is 0 Å². The minimum atomic E-state index is -0.654. The molecule has 10 heteroatoms. The van der Waals surface area contributed by atoms with E-state index in [4.69, 9.17) is 4.74 Å². The highest BCUT2D eigenvalue weighted by molar-refractivity contribution is 5.91. The van der Waals surface area contributed by atoms with Gasteiger partial charge in [0.05, 0.1) is 24.4 Å². The molecule has 5 fully saturated rings. The van der Waals surface area contributed by atoms with Crippen LogP contribution in [0.2, 0.25) is 0 Å². The van der Waals surface area contributed by atoms with Crippen LogP contribution in [0.5, 0.6) is 0 Å².